The highest BCUT2D eigenvalue weighted by atomic mass is 16.5. The number of amides is 3. The molecule has 378 valence electrons. The summed E-state index contributed by atoms with van der Waals surface area (Å²) in [4.78, 5) is 76.6. The van der Waals surface area contributed by atoms with Gasteiger partial charge >= 0.3 is 12.2 Å². The summed E-state index contributed by atoms with van der Waals surface area (Å²) in [7, 11) is 6.46. The van der Waals surface area contributed by atoms with Crippen LogP contribution in [0.25, 0.3) is 23.2 Å². The number of hydrogen-bond donors (Lipinski definition) is 4. The number of Topliss-reactive ketones (excluding diaryl/α,β-unsaturated/α-hetero) is 1. The normalized spacial score (nSPS) is 23.3. The highest BCUT2D eigenvalue weighted by Crippen LogP contribution is 2.45. The Balaban J connectivity index is 1.07. The van der Waals surface area contributed by atoms with Crippen LogP contribution in [0.4, 0.5) is 21.0 Å². The van der Waals surface area contributed by atoms with E-state index in [0.29, 0.717) is 19.6 Å². The van der Waals surface area contributed by atoms with Crippen LogP contribution in [0.2, 0.25) is 0 Å². The molecule has 3 amide bonds. The Hall–Kier alpha value is -5.90. The first-order chi connectivity index (χ1) is 33.8. The van der Waals surface area contributed by atoms with Crippen molar-refractivity contribution >= 4 is 58.4 Å². The van der Waals surface area contributed by atoms with Gasteiger partial charge < -0.3 is 49.5 Å². The van der Waals surface area contributed by atoms with Gasteiger partial charge in [0.05, 0.1) is 60.7 Å². The fraction of sp³-hybridized carbons (Fsp3) is 0.593. The molecule has 0 radical (unpaired) electrons. The van der Waals surface area contributed by atoms with E-state index in [1.54, 1.807) is 7.11 Å². The zero-order chi connectivity index (χ0) is 49.6. The van der Waals surface area contributed by atoms with Crippen LogP contribution in [-0.4, -0.2) is 115 Å². The summed E-state index contributed by atoms with van der Waals surface area (Å²) in [5, 5.41) is 7.45. The van der Waals surface area contributed by atoms with Gasteiger partial charge in [-0.3, -0.25) is 9.59 Å². The number of carbonyl (C=O) groups is 4. The second-order valence-electron chi connectivity index (χ2n) is 20.7. The number of nitrogens with zero attached hydrogens (tertiary/aromatic N) is 5. The van der Waals surface area contributed by atoms with Gasteiger partial charge in [0.25, 0.3) is 0 Å². The third-order valence-electron chi connectivity index (χ3n) is 15.5. The van der Waals surface area contributed by atoms with E-state index in [1.165, 1.54) is 25.5 Å². The number of aromatic nitrogens is 4. The first-order valence-electron chi connectivity index (χ1n) is 25.7. The molecule has 0 spiro atoms. The largest absolute Gasteiger partial charge is 0.453 e. The number of ketones is 1. The highest BCUT2D eigenvalue weighted by molar-refractivity contribution is 5.88. The van der Waals surface area contributed by atoms with Crippen molar-refractivity contribution in [2.24, 2.45) is 23.7 Å². The Labute approximate surface area is 412 Å². The Morgan fingerprint density at radius 1 is 0.800 bits per heavy atom. The molecular weight excluding hydrogens is 887 g/mol. The average Bonchev–Trinajstić information content (AvgIpc) is 4.17. The van der Waals surface area contributed by atoms with Gasteiger partial charge in [-0.1, -0.05) is 65.2 Å². The van der Waals surface area contributed by atoms with Crippen molar-refractivity contribution in [3.63, 3.8) is 0 Å². The lowest BCUT2D eigenvalue weighted by atomic mass is 9.81. The Morgan fingerprint density at radius 2 is 1.53 bits per heavy atom. The van der Waals surface area contributed by atoms with E-state index in [-0.39, 0.29) is 59.4 Å². The van der Waals surface area contributed by atoms with Crippen LogP contribution < -0.4 is 31.1 Å². The smallest absolute Gasteiger partial charge is 0.407 e. The number of benzene rings is 2. The number of alkyl carbamates (subject to hydrolysis) is 2. The van der Waals surface area contributed by atoms with E-state index in [4.69, 9.17) is 24.2 Å². The maximum Gasteiger partial charge on any atom is 0.407 e. The Bertz CT molecular complexity index is 2590. The van der Waals surface area contributed by atoms with Gasteiger partial charge in [-0.25, -0.2) is 19.6 Å². The van der Waals surface area contributed by atoms with Gasteiger partial charge in [-0.05, 0) is 105 Å². The Kier molecular flexibility index (Phi) is 16.2. The lowest BCUT2D eigenvalue weighted by Crippen LogP contribution is -2.51. The van der Waals surface area contributed by atoms with Crippen LogP contribution in [-0.2, 0) is 23.8 Å². The first-order valence-corrected chi connectivity index (χ1v) is 25.7. The Morgan fingerprint density at radius 3 is 2.24 bits per heavy atom. The predicted octanol–water partition coefficient (Wildman–Crippen LogP) is 7.41. The number of likely N-dealkylation sites (N-methyl/N-ethyl adjacent to an activating group) is 1. The summed E-state index contributed by atoms with van der Waals surface area (Å²) >= 11 is 0. The second kappa shape index (κ2) is 22.5. The third kappa shape index (κ3) is 11.0. The number of ether oxygens (including phenoxy) is 3. The molecule has 2 aliphatic heterocycles. The van der Waals surface area contributed by atoms with Crippen LogP contribution in [0.1, 0.15) is 134 Å². The van der Waals surface area contributed by atoms with Gasteiger partial charge in [-0.2, -0.15) is 0 Å². The quantitative estimate of drug-likeness (QED) is 0.0773. The van der Waals surface area contributed by atoms with Crippen molar-refractivity contribution < 1.29 is 33.4 Å². The number of anilines is 2. The topological polar surface area (TPSA) is 187 Å². The van der Waals surface area contributed by atoms with E-state index in [0.717, 1.165) is 110 Å². The van der Waals surface area contributed by atoms with E-state index in [1.807, 2.05) is 32.6 Å². The van der Waals surface area contributed by atoms with Gasteiger partial charge in [-0.15, -0.1) is 0 Å². The third-order valence-corrected chi connectivity index (χ3v) is 15.5. The molecule has 3 fully saturated rings. The first kappa shape index (κ1) is 50.5. The summed E-state index contributed by atoms with van der Waals surface area (Å²) in [6.45, 7) is 9.79. The minimum Gasteiger partial charge on any atom is -0.453 e. The summed E-state index contributed by atoms with van der Waals surface area (Å²) < 4.78 is 15.1. The molecule has 4 N–H and O–H groups in total. The number of nitrogens with one attached hydrogen (secondary N) is 4. The molecule has 2 unspecified atom stereocenters. The van der Waals surface area contributed by atoms with Gasteiger partial charge in [0, 0.05) is 62.9 Å². The van der Waals surface area contributed by atoms with Crippen LogP contribution in [0.3, 0.4) is 0 Å². The van der Waals surface area contributed by atoms with Crippen molar-refractivity contribution in [2.75, 3.05) is 57.9 Å². The molecule has 16 nitrogen and oxygen atoms in total. The molecule has 16 heteroatoms. The number of methoxy groups -OCH3 is 3. The molecule has 4 heterocycles. The maximum absolute atomic E-state index is 13.9. The van der Waals surface area contributed by atoms with E-state index in [9.17, 15) is 19.2 Å². The molecule has 4 aliphatic rings. The number of hydrogen-bond acceptors (Lipinski definition) is 11. The highest BCUT2D eigenvalue weighted by Gasteiger charge is 2.41. The predicted molar refractivity (Wildman–Crippen MR) is 272 cm³/mol. The number of carbonyl (C=O) groups excluding carboxylic acids is 4. The van der Waals surface area contributed by atoms with Crippen LogP contribution >= 0.6 is 0 Å². The summed E-state index contributed by atoms with van der Waals surface area (Å²) in [6.07, 6.45) is 13.4. The number of aromatic amines is 2. The van der Waals surface area contributed by atoms with Gasteiger partial charge in [0.2, 0.25) is 5.91 Å². The fourth-order valence-corrected chi connectivity index (χ4v) is 11.7. The zero-order valence-corrected chi connectivity index (χ0v) is 42.5. The standard InChI is InChI=1S/C54H75N9O7/c1-32(2)48(59-53(66)69-7)47(64)31-34-13-10-9-11-14-39(34)50-55-40-22-16-35(29-42(40)57-50)44-24-25-45(63(44)38-20-18-37(19-21-38)61(5)27-28-68-6)36-17-23-41-43(30-36)58-51(56-41)46-15-12-26-62(46)52(65)49(33(3)4)60-54(67)70-8/h16,18-23,29-30,32-34,36,39,44-46,48-49H,9-15,17,24-28,31H2,1-8H3,(H,55,57)(H,56,58)(H,59,66)(H,60,67)/t34?,36?,39-,44+,45+,46+,48+,49+/m1/s1. The summed E-state index contributed by atoms with van der Waals surface area (Å²) in [5.74, 6) is 1.87. The van der Waals surface area contributed by atoms with Crippen molar-refractivity contribution in [1.82, 2.24) is 35.5 Å². The monoisotopic (exact) mass is 962 g/mol. The second-order valence-corrected chi connectivity index (χ2v) is 20.7. The number of rotatable bonds is 17. The lowest BCUT2D eigenvalue weighted by Gasteiger charge is -2.36. The molecule has 70 heavy (non-hydrogen) atoms. The van der Waals surface area contributed by atoms with E-state index in [2.05, 4.69) is 92.1 Å². The fourth-order valence-electron chi connectivity index (χ4n) is 11.7. The lowest BCUT2D eigenvalue weighted by molar-refractivity contribution is -0.135. The number of imidazole rings is 2. The van der Waals surface area contributed by atoms with Crippen molar-refractivity contribution in [2.45, 2.75) is 134 Å². The molecular formula is C54H75N9O7. The number of likely N-dealkylation sites (tertiary alicyclic amines) is 1. The molecule has 1 saturated carbocycles. The van der Waals surface area contributed by atoms with Gasteiger partial charge in [0.1, 0.15) is 17.7 Å². The molecule has 2 saturated heterocycles. The van der Waals surface area contributed by atoms with Crippen molar-refractivity contribution in [3.8, 4) is 0 Å². The molecule has 4 aromatic rings. The van der Waals surface area contributed by atoms with Crippen LogP contribution in [0.5, 0.6) is 0 Å². The summed E-state index contributed by atoms with van der Waals surface area (Å²) in [5.41, 5.74) is 5.44. The molecule has 8 rings (SSSR count). The molecule has 8 atom stereocenters. The van der Waals surface area contributed by atoms with E-state index < -0.39 is 24.3 Å². The van der Waals surface area contributed by atoms with E-state index >= 15 is 0 Å². The van der Waals surface area contributed by atoms with Crippen LogP contribution in [0.15, 0.2) is 42.5 Å². The minimum absolute atomic E-state index is 0.0387. The average molecular weight is 962 g/mol. The van der Waals surface area contributed by atoms with Gasteiger partial charge in [0.15, 0.2) is 5.78 Å². The van der Waals surface area contributed by atoms with Crippen molar-refractivity contribution in [3.05, 3.63) is 70.4 Å². The number of H-pyrrole nitrogens is 2. The van der Waals surface area contributed by atoms with Crippen molar-refractivity contribution in [1.29, 1.82) is 0 Å². The molecule has 0 bridgehead atoms. The summed E-state index contributed by atoms with van der Waals surface area (Å²) in [6, 6.07) is 14.4. The zero-order valence-electron chi connectivity index (χ0n) is 42.5. The maximum atomic E-state index is 13.9. The van der Waals surface area contributed by atoms with Crippen LogP contribution in [0, 0.1) is 23.7 Å². The number of fused-ring (bicyclic) bond motifs is 2. The molecule has 2 aliphatic carbocycles. The molecule has 2 aromatic carbocycles. The molecule has 2 aromatic heterocycles. The minimum atomic E-state index is -0.699. The SMILES string of the molecule is COCCN(C)c1ccc(N2[C@H](c3ccc4nc([C@@H]5CCCCCC5CC(=O)[C@@H](NC(=O)OC)C(C)C)[nH]c4c3)CC[C@H]2C2C=c3[nH]c([C@@H]4CCCN4C(=O)[C@@H](NC(=O)OC)C(C)C)nc3=CC2)cc1.